The molecule has 144 valence electrons. The quantitative estimate of drug-likeness (QED) is 0.703. The molecule has 0 bridgehead atoms. The van der Waals surface area contributed by atoms with E-state index in [4.69, 9.17) is 0 Å². The molecule has 1 aromatic carbocycles. The Morgan fingerprint density at radius 2 is 1.79 bits per heavy atom. The Morgan fingerprint density at radius 3 is 2.50 bits per heavy atom. The number of nitrogens with zero attached hydrogens (tertiary/aromatic N) is 3. The maximum absolute atomic E-state index is 13.3. The molecule has 5 heteroatoms. The third kappa shape index (κ3) is 3.57. The van der Waals surface area contributed by atoms with Gasteiger partial charge in [0, 0.05) is 24.7 Å². The van der Waals surface area contributed by atoms with Crippen LogP contribution in [0.25, 0.3) is 11.0 Å². The largest absolute Gasteiger partial charge is 0.338 e. The fourth-order valence-corrected chi connectivity index (χ4v) is 4.27. The smallest absolute Gasteiger partial charge is 0.265 e. The molecule has 5 nitrogen and oxygen atoms in total. The van der Waals surface area contributed by atoms with Crippen LogP contribution in [0.4, 0.5) is 0 Å². The van der Waals surface area contributed by atoms with E-state index in [1.165, 1.54) is 0 Å². The van der Waals surface area contributed by atoms with Gasteiger partial charge in [0.25, 0.3) is 11.5 Å². The highest BCUT2D eigenvalue weighted by atomic mass is 16.2. The number of piperidine rings is 1. The Kier molecular flexibility index (Phi) is 4.99. The molecule has 3 aromatic rings. The molecule has 4 rings (SSSR count). The summed E-state index contributed by atoms with van der Waals surface area (Å²) in [5.74, 6) is 0.721. The van der Waals surface area contributed by atoms with Crippen LogP contribution >= 0.6 is 0 Å². The summed E-state index contributed by atoms with van der Waals surface area (Å²) >= 11 is 0. The molecule has 2 atom stereocenters. The number of carbonyl (C=O) groups is 1. The zero-order valence-electron chi connectivity index (χ0n) is 16.3. The van der Waals surface area contributed by atoms with E-state index in [9.17, 15) is 9.59 Å². The van der Waals surface area contributed by atoms with E-state index in [1.807, 2.05) is 47.4 Å². The first-order chi connectivity index (χ1) is 13.5. The van der Waals surface area contributed by atoms with E-state index in [1.54, 1.807) is 16.8 Å². The number of amides is 1. The topological polar surface area (TPSA) is 55.2 Å². The Balaban J connectivity index is 1.80. The number of carbonyl (C=O) groups excluding carboxylic acids is 1. The number of pyridine rings is 2. The van der Waals surface area contributed by atoms with Crippen molar-refractivity contribution in [2.75, 3.05) is 13.1 Å². The molecule has 2 aromatic heterocycles. The first-order valence-corrected chi connectivity index (χ1v) is 9.84. The molecular weight excluding hydrogens is 350 g/mol. The van der Waals surface area contributed by atoms with E-state index in [0.717, 1.165) is 17.4 Å². The minimum Gasteiger partial charge on any atom is -0.338 e. The lowest BCUT2D eigenvalue weighted by molar-refractivity contribution is 0.0621. The van der Waals surface area contributed by atoms with Gasteiger partial charge >= 0.3 is 0 Å². The minimum atomic E-state index is -0.272. The van der Waals surface area contributed by atoms with Gasteiger partial charge in [0.2, 0.25) is 0 Å². The molecule has 0 N–H and O–H groups in total. The van der Waals surface area contributed by atoms with Crippen LogP contribution in [-0.4, -0.2) is 33.4 Å². The molecule has 0 unspecified atom stereocenters. The van der Waals surface area contributed by atoms with Crippen molar-refractivity contribution in [2.24, 2.45) is 11.8 Å². The highest BCUT2D eigenvalue weighted by Gasteiger charge is 2.28. The van der Waals surface area contributed by atoms with Crippen molar-refractivity contribution in [3.05, 3.63) is 76.2 Å². The Morgan fingerprint density at radius 1 is 1.07 bits per heavy atom. The molecule has 3 heterocycles. The van der Waals surface area contributed by atoms with Crippen molar-refractivity contribution in [3.63, 3.8) is 0 Å². The molecule has 0 radical (unpaired) electrons. The molecule has 1 fully saturated rings. The van der Waals surface area contributed by atoms with Crippen LogP contribution < -0.4 is 5.56 Å². The number of benzene rings is 1. The van der Waals surface area contributed by atoms with Gasteiger partial charge in [-0.25, -0.2) is 4.98 Å². The lowest BCUT2D eigenvalue weighted by Gasteiger charge is -2.35. The van der Waals surface area contributed by atoms with Gasteiger partial charge < -0.3 is 4.90 Å². The standard InChI is InChI=1S/C23H25N3O2/c1-16-11-17(2)14-25(13-16)22(27)20-12-19-9-6-10-24-21(19)26(23(20)28)15-18-7-4-3-5-8-18/h3-10,12,16-17H,11,13-15H2,1-2H3/t16-,17-/m0/s1. The summed E-state index contributed by atoms with van der Waals surface area (Å²) in [6.45, 7) is 6.11. The van der Waals surface area contributed by atoms with Crippen LogP contribution in [0.5, 0.6) is 0 Å². The Bertz CT molecular complexity index is 1050. The second-order valence-corrected chi connectivity index (χ2v) is 8.01. The monoisotopic (exact) mass is 375 g/mol. The zero-order valence-corrected chi connectivity index (χ0v) is 16.3. The van der Waals surface area contributed by atoms with Crippen LogP contribution in [0, 0.1) is 11.8 Å². The number of hydrogen-bond donors (Lipinski definition) is 0. The number of rotatable bonds is 3. The van der Waals surface area contributed by atoms with E-state index in [0.29, 0.717) is 37.1 Å². The summed E-state index contributed by atoms with van der Waals surface area (Å²) in [6, 6.07) is 15.2. The van der Waals surface area contributed by atoms with Crippen LogP contribution in [-0.2, 0) is 6.54 Å². The lowest BCUT2D eigenvalue weighted by Crippen LogP contribution is -2.44. The number of hydrogen-bond acceptors (Lipinski definition) is 3. The number of likely N-dealkylation sites (tertiary alicyclic amines) is 1. The van der Waals surface area contributed by atoms with E-state index >= 15 is 0 Å². The van der Waals surface area contributed by atoms with Crippen molar-refractivity contribution in [1.82, 2.24) is 14.5 Å². The van der Waals surface area contributed by atoms with E-state index in [2.05, 4.69) is 18.8 Å². The van der Waals surface area contributed by atoms with Crippen molar-refractivity contribution in [2.45, 2.75) is 26.8 Å². The van der Waals surface area contributed by atoms with Crippen molar-refractivity contribution in [1.29, 1.82) is 0 Å². The normalized spacial score (nSPS) is 19.7. The number of fused-ring (bicyclic) bond motifs is 1. The summed E-state index contributed by atoms with van der Waals surface area (Å²) < 4.78 is 1.62. The zero-order chi connectivity index (χ0) is 19.7. The summed E-state index contributed by atoms with van der Waals surface area (Å²) in [5, 5.41) is 0.805. The molecule has 1 aliphatic rings. The lowest BCUT2D eigenvalue weighted by atomic mass is 9.91. The highest BCUT2D eigenvalue weighted by Crippen LogP contribution is 2.23. The molecule has 28 heavy (non-hydrogen) atoms. The van der Waals surface area contributed by atoms with Crippen LogP contribution in [0.2, 0.25) is 0 Å². The molecule has 0 saturated carbocycles. The van der Waals surface area contributed by atoms with Crippen molar-refractivity contribution in [3.8, 4) is 0 Å². The summed E-state index contributed by atoms with van der Waals surface area (Å²) in [6.07, 6.45) is 2.79. The molecule has 1 amide bonds. The fourth-order valence-electron chi connectivity index (χ4n) is 4.27. The SMILES string of the molecule is C[C@H]1C[C@H](C)CN(C(=O)c2cc3cccnc3n(Cc3ccccc3)c2=O)C1. The number of aromatic nitrogens is 2. The Labute approximate surface area is 164 Å². The maximum atomic E-state index is 13.3. The molecule has 0 aliphatic carbocycles. The van der Waals surface area contributed by atoms with Crippen LogP contribution in [0.3, 0.4) is 0 Å². The van der Waals surface area contributed by atoms with Gasteiger partial charge in [0.15, 0.2) is 0 Å². The average molecular weight is 375 g/mol. The van der Waals surface area contributed by atoms with Gasteiger partial charge in [0.1, 0.15) is 11.2 Å². The van der Waals surface area contributed by atoms with Gasteiger partial charge in [-0.1, -0.05) is 44.2 Å². The fraction of sp³-hybridized carbons (Fsp3) is 0.348. The summed E-state index contributed by atoms with van der Waals surface area (Å²) in [4.78, 5) is 32.8. The van der Waals surface area contributed by atoms with Crippen molar-refractivity contribution < 1.29 is 4.79 Å². The molecule has 0 spiro atoms. The van der Waals surface area contributed by atoms with E-state index < -0.39 is 0 Å². The molecule has 1 saturated heterocycles. The van der Waals surface area contributed by atoms with Gasteiger partial charge in [-0.3, -0.25) is 14.2 Å². The third-order valence-corrected chi connectivity index (χ3v) is 5.42. The molecule has 1 aliphatic heterocycles. The minimum absolute atomic E-state index is 0.170. The van der Waals surface area contributed by atoms with E-state index in [-0.39, 0.29) is 17.0 Å². The molecular formula is C23H25N3O2. The van der Waals surface area contributed by atoms with Crippen molar-refractivity contribution >= 4 is 16.9 Å². The van der Waals surface area contributed by atoms with Gasteiger partial charge in [-0.15, -0.1) is 0 Å². The second-order valence-electron chi connectivity index (χ2n) is 8.01. The average Bonchev–Trinajstić information content (AvgIpc) is 2.69. The summed E-state index contributed by atoms with van der Waals surface area (Å²) in [5.41, 5.74) is 1.57. The highest BCUT2D eigenvalue weighted by molar-refractivity contribution is 5.97. The predicted molar refractivity (Wildman–Crippen MR) is 110 cm³/mol. The Hall–Kier alpha value is -2.95. The second kappa shape index (κ2) is 7.58. The van der Waals surface area contributed by atoms with Gasteiger partial charge in [-0.05, 0) is 42.0 Å². The first kappa shape index (κ1) is 18.4. The first-order valence-electron chi connectivity index (χ1n) is 9.84. The van der Waals surface area contributed by atoms with Gasteiger partial charge in [0.05, 0.1) is 6.54 Å². The van der Waals surface area contributed by atoms with Gasteiger partial charge in [-0.2, -0.15) is 0 Å². The predicted octanol–water partition coefficient (Wildman–Crippen LogP) is 3.56. The summed E-state index contributed by atoms with van der Waals surface area (Å²) in [7, 11) is 0. The third-order valence-electron chi connectivity index (χ3n) is 5.42. The van der Waals surface area contributed by atoms with Crippen LogP contribution in [0.1, 0.15) is 36.2 Å². The maximum Gasteiger partial charge on any atom is 0.265 e. The van der Waals surface area contributed by atoms with Crippen LogP contribution in [0.15, 0.2) is 59.5 Å².